The minimum atomic E-state index is 0.0234. The van der Waals surface area contributed by atoms with Crippen molar-refractivity contribution in [3.05, 3.63) is 0 Å². The quantitative estimate of drug-likeness (QED) is 0.852. The average Bonchev–Trinajstić information content (AvgIpc) is 2.26. The molecule has 0 amide bonds. The van der Waals surface area contributed by atoms with Gasteiger partial charge in [-0.15, -0.1) is 4.98 Å². The third kappa shape index (κ3) is 3.19. The Balaban J connectivity index is 2.06. The lowest BCUT2D eigenvalue weighted by molar-refractivity contribution is -0.0739. The topological polar surface area (TPSA) is 92.4 Å². The van der Waals surface area contributed by atoms with Gasteiger partial charge in [0.05, 0.1) is 19.3 Å². The molecule has 1 aliphatic rings. The molecule has 18 heavy (non-hydrogen) atoms. The molecule has 2 atom stereocenters. The second-order valence-electron chi connectivity index (χ2n) is 4.43. The number of nitrogens with zero attached hydrogens (tertiary/aromatic N) is 3. The van der Waals surface area contributed by atoms with Crippen LogP contribution in [0.1, 0.15) is 26.7 Å². The van der Waals surface area contributed by atoms with Gasteiger partial charge in [-0.05, 0) is 13.8 Å². The van der Waals surface area contributed by atoms with E-state index < -0.39 is 0 Å². The molecule has 0 spiro atoms. The number of hydrogen-bond donors (Lipinski definition) is 1. The van der Waals surface area contributed by atoms with Crippen LogP contribution in [0.3, 0.4) is 0 Å². The molecule has 100 valence electrons. The molecule has 1 aromatic rings. The zero-order valence-electron chi connectivity index (χ0n) is 10.8. The van der Waals surface area contributed by atoms with Crippen LogP contribution in [0.15, 0.2) is 0 Å². The smallest absolute Gasteiger partial charge is 0.324 e. The highest BCUT2D eigenvalue weighted by Crippen LogP contribution is 2.23. The average molecular weight is 254 g/mol. The van der Waals surface area contributed by atoms with Gasteiger partial charge >= 0.3 is 12.0 Å². The molecule has 2 rings (SSSR count). The molecular formula is C11H18N4O3. The highest BCUT2D eigenvalue weighted by atomic mass is 16.5. The largest absolute Gasteiger partial charge is 0.467 e. The molecule has 0 saturated carbocycles. The van der Waals surface area contributed by atoms with Crippen LogP contribution < -0.4 is 15.2 Å². The summed E-state index contributed by atoms with van der Waals surface area (Å²) in [5.74, 6) is 0.0880. The van der Waals surface area contributed by atoms with E-state index in [1.807, 2.05) is 13.8 Å². The summed E-state index contributed by atoms with van der Waals surface area (Å²) in [6.07, 6.45) is 1.96. The summed E-state index contributed by atoms with van der Waals surface area (Å²) >= 11 is 0. The van der Waals surface area contributed by atoms with Crippen molar-refractivity contribution >= 4 is 5.95 Å². The van der Waals surface area contributed by atoms with Crippen LogP contribution in [0, 0.1) is 0 Å². The van der Waals surface area contributed by atoms with E-state index in [1.165, 1.54) is 7.11 Å². The molecule has 7 nitrogen and oxygen atoms in total. The van der Waals surface area contributed by atoms with Gasteiger partial charge in [-0.1, -0.05) is 0 Å². The molecule has 2 N–H and O–H groups in total. The fourth-order valence-corrected chi connectivity index (χ4v) is 2.09. The van der Waals surface area contributed by atoms with E-state index in [0.29, 0.717) is 0 Å². The predicted molar refractivity (Wildman–Crippen MR) is 64.5 cm³/mol. The molecule has 1 aromatic heterocycles. The molecule has 1 fully saturated rings. The number of methoxy groups -OCH3 is 1. The van der Waals surface area contributed by atoms with Crippen LogP contribution >= 0.6 is 0 Å². The van der Waals surface area contributed by atoms with Crippen LogP contribution in [0.4, 0.5) is 5.95 Å². The van der Waals surface area contributed by atoms with Gasteiger partial charge in [-0.3, -0.25) is 0 Å². The summed E-state index contributed by atoms with van der Waals surface area (Å²) in [7, 11) is 1.47. The number of nitrogen functional groups attached to an aromatic ring is 1. The summed E-state index contributed by atoms with van der Waals surface area (Å²) in [4.78, 5) is 11.8. The summed E-state index contributed by atoms with van der Waals surface area (Å²) in [5.41, 5.74) is 5.55. The highest BCUT2D eigenvalue weighted by Gasteiger charge is 2.26. The van der Waals surface area contributed by atoms with Gasteiger partial charge in [-0.25, -0.2) is 0 Å². The van der Waals surface area contributed by atoms with Gasteiger partial charge in [0.2, 0.25) is 5.95 Å². The molecule has 2 unspecified atom stereocenters. The normalized spacial score (nSPS) is 27.8. The Morgan fingerprint density at radius 3 is 2.33 bits per heavy atom. The lowest BCUT2D eigenvalue weighted by atomic mass is 10.0. The van der Waals surface area contributed by atoms with E-state index >= 15 is 0 Å². The summed E-state index contributed by atoms with van der Waals surface area (Å²) in [6, 6.07) is 0.358. The van der Waals surface area contributed by atoms with Crippen LogP contribution in [0.5, 0.6) is 12.0 Å². The molecule has 0 radical (unpaired) electrons. The number of aromatic nitrogens is 3. The van der Waals surface area contributed by atoms with E-state index in [1.54, 1.807) is 0 Å². The Kier molecular flexibility index (Phi) is 3.81. The van der Waals surface area contributed by atoms with Crippen molar-refractivity contribution in [2.24, 2.45) is 0 Å². The van der Waals surface area contributed by atoms with E-state index in [4.69, 9.17) is 19.9 Å². The SMILES string of the molecule is COc1nc(N)nc(OC2CC(C)OC(C)C2)n1. The van der Waals surface area contributed by atoms with Crippen molar-refractivity contribution in [2.45, 2.75) is 45.0 Å². The molecule has 1 aliphatic heterocycles. The Morgan fingerprint density at radius 1 is 1.11 bits per heavy atom. The van der Waals surface area contributed by atoms with Crippen molar-refractivity contribution in [1.29, 1.82) is 0 Å². The second-order valence-corrected chi connectivity index (χ2v) is 4.43. The van der Waals surface area contributed by atoms with E-state index in [9.17, 15) is 0 Å². The van der Waals surface area contributed by atoms with E-state index in [2.05, 4.69) is 15.0 Å². The molecule has 0 bridgehead atoms. The van der Waals surface area contributed by atoms with Crippen LogP contribution in [0.25, 0.3) is 0 Å². The number of nitrogens with two attached hydrogens (primary N) is 1. The number of anilines is 1. The van der Waals surface area contributed by atoms with Crippen LogP contribution in [-0.2, 0) is 4.74 Å². The molecule has 0 aliphatic carbocycles. The fourth-order valence-electron chi connectivity index (χ4n) is 2.09. The fraction of sp³-hybridized carbons (Fsp3) is 0.727. The second kappa shape index (κ2) is 5.34. The lowest BCUT2D eigenvalue weighted by Gasteiger charge is -2.31. The maximum Gasteiger partial charge on any atom is 0.324 e. The van der Waals surface area contributed by atoms with Gasteiger partial charge in [0.15, 0.2) is 0 Å². The van der Waals surface area contributed by atoms with E-state index in [-0.39, 0.29) is 36.3 Å². The first-order valence-corrected chi connectivity index (χ1v) is 5.94. The first-order valence-electron chi connectivity index (χ1n) is 5.94. The van der Waals surface area contributed by atoms with Gasteiger partial charge in [0.1, 0.15) is 6.10 Å². The molecule has 1 saturated heterocycles. The zero-order valence-corrected chi connectivity index (χ0v) is 10.8. The molecule has 2 heterocycles. The Bertz CT molecular complexity index is 405. The Morgan fingerprint density at radius 2 is 1.72 bits per heavy atom. The third-order valence-corrected chi connectivity index (χ3v) is 2.72. The van der Waals surface area contributed by atoms with Gasteiger partial charge in [0.25, 0.3) is 0 Å². The monoisotopic (exact) mass is 254 g/mol. The summed E-state index contributed by atoms with van der Waals surface area (Å²) in [6.45, 7) is 4.04. The van der Waals surface area contributed by atoms with Gasteiger partial charge in [-0.2, -0.15) is 9.97 Å². The minimum absolute atomic E-state index is 0.0234. The first kappa shape index (κ1) is 12.8. The molecule has 7 heteroatoms. The minimum Gasteiger partial charge on any atom is -0.467 e. The highest BCUT2D eigenvalue weighted by molar-refractivity contribution is 5.20. The van der Waals surface area contributed by atoms with Gasteiger partial charge < -0.3 is 19.9 Å². The number of hydrogen-bond acceptors (Lipinski definition) is 7. The van der Waals surface area contributed by atoms with Crippen molar-refractivity contribution in [1.82, 2.24) is 15.0 Å². The van der Waals surface area contributed by atoms with Crippen molar-refractivity contribution in [3.8, 4) is 12.0 Å². The van der Waals surface area contributed by atoms with Crippen molar-refractivity contribution in [3.63, 3.8) is 0 Å². The maximum absolute atomic E-state index is 5.72. The third-order valence-electron chi connectivity index (χ3n) is 2.72. The van der Waals surface area contributed by atoms with E-state index in [0.717, 1.165) is 12.8 Å². The van der Waals surface area contributed by atoms with Crippen molar-refractivity contribution < 1.29 is 14.2 Å². The first-order chi connectivity index (χ1) is 8.56. The van der Waals surface area contributed by atoms with Gasteiger partial charge in [0, 0.05) is 12.8 Å². The molecular weight excluding hydrogens is 236 g/mol. The zero-order chi connectivity index (χ0) is 13.1. The molecule has 0 aromatic carbocycles. The number of ether oxygens (including phenoxy) is 3. The lowest BCUT2D eigenvalue weighted by Crippen LogP contribution is -2.36. The predicted octanol–water partition coefficient (Wildman–Crippen LogP) is 0.797. The number of rotatable bonds is 3. The summed E-state index contributed by atoms with van der Waals surface area (Å²) < 4.78 is 16.3. The van der Waals surface area contributed by atoms with Crippen LogP contribution in [0.2, 0.25) is 0 Å². The maximum atomic E-state index is 5.72. The summed E-state index contributed by atoms with van der Waals surface area (Å²) in [5, 5.41) is 0. The Hall–Kier alpha value is -1.63. The standard InChI is InChI=1S/C11H18N4O3/c1-6-4-8(5-7(2)17-6)18-11-14-9(12)13-10(15-11)16-3/h6-8H,4-5H2,1-3H3,(H2,12,13,14,15). The van der Waals surface area contributed by atoms with Crippen molar-refractivity contribution in [2.75, 3.05) is 12.8 Å². The van der Waals surface area contributed by atoms with Crippen LogP contribution in [-0.4, -0.2) is 40.4 Å². The Labute approximate surface area is 106 Å².